The van der Waals surface area contributed by atoms with E-state index in [0.29, 0.717) is 19.1 Å². The van der Waals surface area contributed by atoms with Gasteiger partial charge in [0.2, 0.25) is 0 Å². The number of nitrogens with zero attached hydrogens (tertiary/aromatic N) is 1. The minimum absolute atomic E-state index is 0. The highest BCUT2D eigenvalue weighted by atomic mass is 127. The minimum Gasteiger partial charge on any atom is -0.489 e. The Morgan fingerprint density at radius 3 is 2.74 bits per heavy atom. The summed E-state index contributed by atoms with van der Waals surface area (Å²) in [6.07, 6.45) is 3.29. The van der Waals surface area contributed by atoms with E-state index in [-0.39, 0.29) is 30.1 Å². The quantitative estimate of drug-likeness (QED) is 0.344. The van der Waals surface area contributed by atoms with Crippen molar-refractivity contribution in [3.63, 3.8) is 0 Å². The van der Waals surface area contributed by atoms with Gasteiger partial charge in [-0.25, -0.2) is 0 Å². The van der Waals surface area contributed by atoms with Crippen LogP contribution in [0.1, 0.15) is 24.0 Å². The lowest BCUT2D eigenvalue weighted by atomic mass is 10.1. The zero-order valence-corrected chi connectivity index (χ0v) is 17.8. The predicted molar refractivity (Wildman–Crippen MR) is 120 cm³/mol. The van der Waals surface area contributed by atoms with Crippen molar-refractivity contribution in [1.29, 1.82) is 0 Å². The van der Waals surface area contributed by atoms with Gasteiger partial charge in [-0.2, -0.15) is 0 Å². The molecule has 1 saturated heterocycles. The SMILES string of the molecule is I.NC(=NCC1CCCO1)NCCc1cccc(OCc2ccccc2)c1. The fourth-order valence-electron chi connectivity index (χ4n) is 2.91. The topological polar surface area (TPSA) is 68.9 Å². The summed E-state index contributed by atoms with van der Waals surface area (Å²) < 4.78 is 11.4. The fraction of sp³-hybridized carbons (Fsp3) is 0.381. The number of hydrogen-bond donors (Lipinski definition) is 2. The van der Waals surface area contributed by atoms with Crippen molar-refractivity contribution in [2.75, 3.05) is 19.7 Å². The number of aliphatic imine (C=N–C) groups is 1. The molecule has 0 radical (unpaired) electrons. The number of halogens is 1. The lowest BCUT2D eigenvalue weighted by Crippen LogP contribution is -2.34. The van der Waals surface area contributed by atoms with Crippen LogP contribution in [-0.2, 0) is 17.8 Å². The molecule has 0 aromatic heterocycles. The molecule has 1 fully saturated rings. The van der Waals surface area contributed by atoms with Crippen LogP contribution >= 0.6 is 24.0 Å². The van der Waals surface area contributed by atoms with Gasteiger partial charge >= 0.3 is 0 Å². The van der Waals surface area contributed by atoms with Crippen molar-refractivity contribution >= 4 is 29.9 Å². The highest BCUT2D eigenvalue weighted by molar-refractivity contribution is 14.0. The van der Waals surface area contributed by atoms with Gasteiger partial charge < -0.3 is 20.5 Å². The van der Waals surface area contributed by atoms with Crippen LogP contribution in [0.3, 0.4) is 0 Å². The maximum Gasteiger partial charge on any atom is 0.188 e. The number of rotatable bonds is 8. The fourth-order valence-corrected chi connectivity index (χ4v) is 2.91. The van der Waals surface area contributed by atoms with E-state index in [1.807, 2.05) is 30.3 Å². The third-order valence-electron chi connectivity index (χ3n) is 4.36. The molecule has 2 aromatic rings. The number of hydrogen-bond acceptors (Lipinski definition) is 3. The Morgan fingerprint density at radius 1 is 1.15 bits per heavy atom. The Bertz CT molecular complexity index is 704. The maximum absolute atomic E-state index is 5.92. The maximum atomic E-state index is 5.92. The molecule has 0 saturated carbocycles. The van der Waals surface area contributed by atoms with Crippen LogP contribution in [0, 0.1) is 0 Å². The monoisotopic (exact) mass is 481 g/mol. The van der Waals surface area contributed by atoms with Gasteiger partial charge in [-0.3, -0.25) is 4.99 Å². The second kappa shape index (κ2) is 11.8. The van der Waals surface area contributed by atoms with Crippen LogP contribution < -0.4 is 15.8 Å². The zero-order chi connectivity index (χ0) is 18.0. The molecule has 2 aromatic carbocycles. The average molecular weight is 481 g/mol. The van der Waals surface area contributed by atoms with Crippen LogP contribution in [0.4, 0.5) is 0 Å². The largest absolute Gasteiger partial charge is 0.489 e. The lowest BCUT2D eigenvalue weighted by molar-refractivity contribution is 0.118. The third-order valence-corrected chi connectivity index (χ3v) is 4.36. The third kappa shape index (κ3) is 7.76. The van der Waals surface area contributed by atoms with Gasteiger partial charge in [-0.05, 0) is 42.5 Å². The van der Waals surface area contributed by atoms with E-state index in [0.717, 1.165) is 43.7 Å². The Morgan fingerprint density at radius 2 is 1.96 bits per heavy atom. The van der Waals surface area contributed by atoms with E-state index in [4.69, 9.17) is 15.2 Å². The summed E-state index contributed by atoms with van der Waals surface area (Å²) in [5.74, 6) is 1.36. The summed E-state index contributed by atoms with van der Waals surface area (Å²) >= 11 is 0. The number of benzene rings is 2. The van der Waals surface area contributed by atoms with Gasteiger partial charge in [0.05, 0.1) is 12.6 Å². The van der Waals surface area contributed by atoms with Gasteiger partial charge in [0.1, 0.15) is 12.4 Å². The molecular weight excluding hydrogens is 453 g/mol. The summed E-state index contributed by atoms with van der Waals surface area (Å²) in [7, 11) is 0. The molecule has 1 unspecified atom stereocenters. The van der Waals surface area contributed by atoms with E-state index in [2.05, 4.69) is 34.6 Å². The molecule has 0 amide bonds. The molecule has 1 aliphatic heterocycles. The van der Waals surface area contributed by atoms with Crippen LogP contribution in [0.2, 0.25) is 0 Å². The molecule has 0 aliphatic carbocycles. The number of nitrogens with one attached hydrogen (secondary N) is 1. The molecule has 3 rings (SSSR count). The zero-order valence-electron chi connectivity index (χ0n) is 15.5. The normalized spacial score (nSPS) is 16.6. The summed E-state index contributed by atoms with van der Waals surface area (Å²) in [5, 5.41) is 3.16. The van der Waals surface area contributed by atoms with Crippen LogP contribution in [0.15, 0.2) is 59.6 Å². The van der Waals surface area contributed by atoms with Crippen LogP contribution in [-0.4, -0.2) is 31.8 Å². The van der Waals surface area contributed by atoms with E-state index in [1.165, 1.54) is 5.56 Å². The molecule has 6 heteroatoms. The van der Waals surface area contributed by atoms with Crippen LogP contribution in [0.5, 0.6) is 5.75 Å². The summed E-state index contributed by atoms with van der Waals surface area (Å²) in [5.41, 5.74) is 8.28. The van der Waals surface area contributed by atoms with E-state index >= 15 is 0 Å². The first-order valence-electron chi connectivity index (χ1n) is 9.20. The molecule has 146 valence electrons. The van der Waals surface area contributed by atoms with E-state index in [9.17, 15) is 0 Å². The molecule has 0 spiro atoms. The van der Waals surface area contributed by atoms with Gasteiger partial charge in [-0.1, -0.05) is 42.5 Å². The van der Waals surface area contributed by atoms with Gasteiger partial charge in [0, 0.05) is 13.2 Å². The first-order chi connectivity index (χ1) is 12.8. The van der Waals surface area contributed by atoms with Gasteiger partial charge in [-0.15, -0.1) is 24.0 Å². The van der Waals surface area contributed by atoms with Crippen molar-refractivity contribution in [2.45, 2.75) is 32.0 Å². The Balaban J connectivity index is 0.00000261. The van der Waals surface area contributed by atoms with Crippen molar-refractivity contribution in [3.8, 4) is 5.75 Å². The van der Waals surface area contributed by atoms with E-state index in [1.54, 1.807) is 0 Å². The molecule has 3 N–H and O–H groups in total. The highest BCUT2D eigenvalue weighted by Gasteiger charge is 2.14. The minimum atomic E-state index is 0. The average Bonchev–Trinajstić information content (AvgIpc) is 3.20. The lowest BCUT2D eigenvalue weighted by Gasteiger charge is -2.10. The summed E-state index contributed by atoms with van der Waals surface area (Å²) in [6.45, 7) is 2.80. The Kier molecular flexibility index (Phi) is 9.41. The van der Waals surface area contributed by atoms with Crippen molar-refractivity contribution in [3.05, 3.63) is 65.7 Å². The second-order valence-electron chi connectivity index (χ2n) is 6.46. The molecule has 27 heavy (non-hydrogen) atoms. The van der Waals surface area contributed by atoms with Crippen molar-refractivity contribution < 1.29 is 9.47 Å². The molecule has 5 nitrogen and oxygen atoms in total. The molecule has 1 atom stereocenters. The van der Waals surface area contributed by atoms with Crippen LogP contribution in [0.25, 0.3) is 0 Å². The highest BCUT2D eigenvalue weighted by Crippen LogP contribution is 2.15. The van der Waals surface area contributed by atoms with Gasteiger partial charge in [0.15, 0.2) is 5.96 Å². The first-order valence-corrected chi connectivity index (χ1v) is 9.20. The van der Waals surface area contributed by atoms with Crippen molar-refractivity contribution in [1.82, 2.24) is 5.32 Å². The first kappa shape index (κ1) is 21.5. The van der Waals surface area contributed by atoms with E-state index < -0.39 is 0 Å². The summed E-state index contributed by atoms with van der Waals surface area (Å²) in [4.78, 5) is 4.35. The molecular formula is C21H28IN3O2. The molecule has 0 bridgehead atoms. The summed E-state index contributed by atoms with van der Waals surface area (Å²) in [6, 6.07) is 18.3. The Labute approximate surface area is 178 Å². The Hall–Kier alpha value is -1.80. The standard InChI is InChI=1S/C21H27N3O2.HI/c22-21(24-15-20-10-5-13-25-20)23-12-11-17-8-4-9-19(14-17)26-16-18-6-2-1-3-7-18;/h1-4,6-9,14,20H,5,10-13,15-16H2,(H3,22,23,24);1H. The van der Waals surface area contributed by atoms with Gasteiger partial charge in [0.25, 0.3) is 0 Å². The number of guanidine groups is 1. The number of ether oxygens (including phenoxy) is 2. The van der Waals surface area contributed by atoms with Crippen molar-refractivity contribution in [2.24, 2.45) is 10.7 Å². The smallest absolute Gasteiger partial charge is 0.188 e. The molecule has 1 heterocycles. The predicted octanol–water partition coefficient (Wildman–Crippen LogP) is 3.51. The number of nitrogens with two attached hydrogens (primary N) is 1. The second-order valence-corrected chi connectivity index (χ2v) is 6.46. The molecule has 1 aliphatic rings.